The van der Waals surface area contributed by atoms with Crippen molar-refractivity contribution in [3.8, 4) is 0 Å². The third-order valence-electron chi connectivity index (χ3n) is 5.57. The summed E-state index contributed by atoms with van der Waals surface area (Å²) in [4.78, 5) is 28.0. The van der Waals surface area contributed by atoms with Gasteiger partial charge < -0.3 is 10.2 Å². The molecule has 0 heterocycles. The van der Waals surface area contributed by atoms with Gasteiger partial charge in [-0.2, -0.15) is 0 Å². The number of hydrogen-bond acceptors (Lipinski definition) is 4. The van der Waals surface area contributed by atoms with Crippen LogP contribution in [-0.4, -0.2) is 43.8 Å². The van der Waals surface area contributed by atoms with Crippen LogP contribution in [0.3, 0.4) is 0 Å². The smallest absolute Gasteiger partial charge is 0.264 e. The average molecular weight is 563 g/mol. The molecule has 2 amide bonds. The minimum atomic E-state index is -4.19. The number of anilines is 1. The van der Waals surface area contributed by atoms with Crippen LogP contribution in [-0.2, 0) is 26.2 Å². The molecular weight excluding hydrogens is 533 g/mol. The quantitative estimate of drug-likeness (QED) is 0.371. The van der Waals surface area contributed by atoms with E-state index in [1.165, 1.54) is 35.2 Å². The third kappa shape index (κ3) is 7.47. The summed E-state index contributed by atoms with van der Waals surface area (Å²) in [5, 5.41) is 3.51. The zero-order valence-corrected chi connectivity index (χ0v) is 23.1. The van der Waals surface area contributed by atoms with Crippen LogP contribution < -0.4 is 9.62 Å². The normalized spacial score (nSPS) is 12.2. The molecule has 3 aromatic carbocycles. The fourth-order valence-corrected chi connectivity index (χ4v) is 5.38. The summed E-state index contributed by atoms with van der Waals surface area (Å²) in [5.41, 5.74) is 1.02. The highest BCUT2D eigenvalue weighted by molar-refractivity contribution is 7.92. The van der Waals surface area contributed by atoms with E-state index in [9.17, 15) is 18.0 Å². The number of rotatable bonds is 10. The molecular formula is C27H29Cl2N3O4S. The molecule has 0 saturated carbocycles. The first-order chi connectivity index (χ1) is 17.5. The molecule has 0 fully saturated rings. The number of halogens is 2. The topological polar surface area (TPSA) is 86.8 Å². The Morgan fingerprint density at radius 2 is 1.51 bits per heavy atom. The second-order valence-electron chi connectivity index (χ2n) is 8.79. The molecule has 37 heavy (non-hydrogen) atoms. The number of carbonyl (C=O) groups is 2. The van der Waals surface area contributed by atoms with Crippen molar-refractivity contribution < 1.29 is 18.0 Å². The van der Waals surface area contributed by atoms with Crippen LogP contribution in [0.15, 0.2) is 83.8 Å². The number of sulfonamides is 1. The molecule has 7 nitrogen and oxygen atoms in total. The second-order valence-corrected chi connectivity index (χ2v) is 11.5. The Balaban J connectivity index is 2.02. The zero-order chi connectivity index (χ0) is 27.2. The van der Waals surface area contributed by atoms with Crippen LogP contribution in [0.5, 0.6) is 0 Å². The lowest BCUT2D eigenvalue weighted by Gasteiger charge is -2.32. The number of carbonyl (C=O) groups excluding carboxylic acids is 2. The lowest BCUT2D eigenvalue weighted by Crippen LogP contribution is -2.52. The van der Waals surface area contributed by atoms with Crippen molar-refractivity contribution in [2.75, 3.05) is 10.8 Å². The Morgan fingerprint density at radius 1 is 0.865 bits per heavy atom. The van der Waals surface area contributed by atoms with Gasteiger partial charge >= 0.3 is 0 Å². The van der Waals surface area contributed by atoms with Crippen molar-refractivity contribution in [1.29, 1.82) is 0 Å². The van der Waals surface area contributed by atoms with Crippen LogP contribution in [0, 0.1) is 0 Å². The molecule has 3 rings (SSSR count). The van der Waals surface area contributed by atoms with Gasteiger partial charge in [-0.05, 0) is 68.8 Å². The summed E-state index contributed by atoms with van der Waals surface area (Å²) in [7, 11) is -4.19. The Bertz CT molecular complexity index is 1330. The number of nitrogens with one attached hydrogen (secondary N) is 1. The van der Waals surface area contributed by atoms with Crippen molar-refractivity contribution in [3.63, 3.8) is 0 Å². The van der Waals surface area contributed by atoms with Crippen LogP contribution in [0.4, 0.5) is 5.69 Å². The van der Waals surface area contributed by atoms with E-state index in [1.807, 2.05) is 44.2 Å². The maximum atomic E-state index is 13.8. The van der Waals surface area contributed by atoms with Gasteiger partial charge in [0, 0.05) is 22.6 Å². The minimum absolute atomic E-state index is 0.0371. The van der Waals surface area contributed by atoms with Crippen LogP contribution in [0.25, 0.3) is 0 Å². The molecule has 0 aliphatic rings. The Hall–Kier alpha value is -3.07. The Labute approximate surface area is 228 Å². The van der Waals surface area contributed by atoms with Crippen LogP contribution in [0.2, 0.25) is 10.0 Å². The molecule has 0 saturated heterocycles. The Morgan fingerprint density at radius 3 is 2.11 bits per heavy atom. The van der Waals surface area contributed by atoms with Crippen molar-refractivity contribution in [2.45, 2.75) is 44.3 Å². The molecule has 0 radical (unpaired) electrons. The summed E-state index contributed by atoms with van der Waals surface area (Å²) in [6, 6.07) is 20.1. The molecule has 0 aromatic heterocycles. The molecule has 0 bridgehead atoms. The lowest BCUT2D eigenvalue weighted by atomic mass is 10.1. The van der Waals surface area contributed by atoms with Gasteiger partial charge in [0.15, 0.2) is 0 Å². The maximum Gasteiger partial charge on any atom is 0.264 e. The number of hydrogen-bond donors (Lipinski definition) is 1. The van der Waals surface area contributed by atoms with E-state index in [0.29, 0.717) is 10.0 Å². The van der Waals surface area contributed by atoms with Crippen LogP contribution in [0.1, 0.15) is 26.3 Å². The SMILES string of the molecule is CC(C)NC(=O)[C@H](C)N(Cc1ccccc1)C(=O)CN(c1cccc(Cl)c1)S(=O)(=O)c1ccc(Cl)cc1. The van der Waals surface area contributed by atoms with Gasteiger partial charge in [-0.25, -0.2) is 8.42 Å². The highest BCUT2D eigenvalue weighted by atomic mass is 35.5. The maximum absolute atomic E-state index is 13.8. The van der Waals surface area contributed by atoms with Gasteiger partial charge in [0.1, 0.15) is 12.6 Å². The molecule has 196 valence electrons. The van der Waals surface area contributed by atoms with Crippen molar-refractivity contribution >= 4 is 50.7 Å². The highest BCUT2D eigenvalue weighted by Crippen LogP contribution is 2.27. The fraction of sp³-hybridized carbons (Fsp3) is 0.259. The van der Waals surface area contributed by atoms with Gasteiger partial charge in [-0.3, -0.25) is 13.9 Å². The lowest BCUT2D eigenvalue weighted by molar-refractivity contribution is -0.139. The van der Waals surface area contributed by atoms with Crippen molar-refractivity contribution in [1.82, 2.24) is 10.2 Å². The first kappa shape index (κ1) is 28.5. The summed E-state index contributed by atoms with van der Waals surface area (Å²) >= 11 is 12.1. The molecule has 0 unspecified atom stereocenters. The van der Waals surface area contributed by atoms with Crippen molar-refractivity contribution in [2.24, 2.45) is 0 Å². The predicted molar refractivity (Wildman–Crippen MR) is 147 cm³/mol. The standard InChI is InChI=1S/C27H29Cl2N3O4S/c1-19(2)30-27(34)20(3)31(17-21-8-5-4-6-9-21)26(33)18-32(24-11-7-10-23(29)16-24)37(35,36)25-14-12-22(28)13-15-25/h4-16,19-20H,17-18H2,1-3H3,(H,30,34)/t20-/m0/s1. The third-order valence-corrected chi connectivity index (χ3v) is 7.85. The van der Waals surface area contributed by atoms with Gasteiger partial charge in [0.05, 0.1) is 10.6 Å². The minimum Gasteiger partial charge on any atom is -0.352 e. The number of nitrogens with zero attached hydrogens (tertiary/aromatic N) is 2. The summed E-state index contributed by atoms with van der Waals surface area (Å²) in [6.07, 6.45) is 0. The monoisotopic (exact) mass is 561 g/mol. The van der Waals surface area contributed by atoms with Crippen LogP contribution >= 0.6 is 23.2 Å². The molecule has 0 aliphatic carbocycles. The molecule has 0 aliphatic heterocycles. The summed E-state index contributed by atoms with van der Waals surface area (Å²) in [5.74, 6) is -0.887. The predicted octanol–water partition coefficient (Wildman–Crippen LogP) is 5.13. The summed E-state index contributed by atoms with van der Waals surface area (Å²) in [6.45, 7) is 4.85. The number of benzene rings is 3. The molecule has 1 N–H and O–H groups in total. The van der Waals surface area contributed by atoms with E-state index in [1.54, 1.807) is 25.1 Å². The summed E-state index contributed by atoms with van der Waals surface area (Å²) < 4.78 is 28.4. The van der Waals surface area contributed by atoms with E-state index in [0.717, 1.165) is 9.87 Å². The van der Waals surface area contributed by atoms with E-state index in [2.05, 4.69) is 5.32 Å². The van der Waals surface area contributed by atoms with E-state index < -0.39 is 28.5 Å². The van der Waals surface area contributed by atoms with E-state index in [4.69, 9.17) is 23.2 Å². The van der Waals surface area contributed by atoms with E-state index >= 15 is 0 Å². The number of amides is 2. The van der Waals surface area contributed by atoms with E-state index in [-0.39, 0.29) is 29.1 Å². The zero-order valence-electron chi connectivity index (χ0n) is 20.8. The first-order valence-corrected chi connectivity index (χ1v) is 13.9. The molecule has 3 aromatic rings. The Kier molecular flexibility index (Phi) is 9.59. The second kappa shape index (κ2) is 12.4. The van der Waals surface area contributed by atoms with Gasteiger partial charge in [-0.15, -0.1) is 0 Å². The highest BCUT2D eigenvalue weighted by Gasteiger charge is 2.32. The average Bonchev–Trinajstić information content (AvgIpc) is 2.85. The van der Waals surface area contributed by atoms with Gasteiger partial charge in [-0.1, -0.05) is 59.6 Å². The molecule has 10 heteroatoms. The molecule has 1 atom stereocenters. The largest absolute Gasteiger partial charge is 0.352 e. The fourth-order valence-electron chi connectivity index (χ4n) is 3.66. The first-order valence-electron chi connectivity index (χ1n) is 11.7. The van der Waals surface area contributed by atoms with Crippen molar-refractivity contribution in [3.05, 3.63) is 94.5 Å². The molecule has 0 spiro atoms. The van der Waals surface area contributed by atoms with Gasteiger partial charge in [0.25, 0.3) is 10.0 Å². The van der Waals surface area contributed by atoms with Gasteiger partial charge in [0.2, 0.25) is 11.8 Å².